The van der Waals surface area contributed by atoms with Crippen molar-refractivity contribution in [1.29, 1.82) is 0 Å². The van der Waals surface area contributed by atoms with Gasteiger partial charge in [0.2, 0.25) is 12.2 Å². The number of hydrogen-bond donors (Lipinski definition) is 12. The zero-order valence-corrected chi connectivity index (χ0v) is 46.3. The highest BCUT2D eigenvalue weighted by Crippen LogP contribution is 2.53. The fourth-order valence-electron chi connectivity index (χ4n) is 14.7. The highest BCUT2D eigenvalue weighted by molar-refractivity contribution is 6.29. The van der Waals surface area contributed by atoms with E-state index in [2.05, 4.69) is 50.6 Å². The molecule has 22 heteroatoms. The minimum atomic E-state index is -2.39. The second-order valence-corrected chi connectivity index (χ2v) is 23.9. The summed E-state index contributed by atoms with van der Waals surface area (Å²) in [5, 5.41) is 76.0. The molecule has 444 valence electrons. The molecule has 10 aliphatic rings. The summed E-state index contributed by atoms with van der Waals surface area (Å²) in [5.41, 5.74) is 15.4. The van der Waals surface area contributed by atoms with E-state index in [0.717, 1.165) is 43.3 Å². The van der Waals surface area contributed by atoms with Gasteiger partial charge in [-0.25, -0.2) is 0 Å². The van der Waals surface area contributed by atoms with Crippen LogP contribution >= 0.6 is 0 Å². The minimum Gasteiger partial charge on any atom is -0.486 e. The Morgan fingerprint density at radius 1 is 0.964 bits per heavy atom. The molecule has 3 bridgehead atoms. The summed E-state index contributed by atoms with van der Waals surface area (Å²) in [6.07, 6.45) is -0.569. The Kier molecular flexibility index (Phi) is 15.5. The Bertz CT molecular complexity index is 3300. The van der Waals surface area contributed by atoms with E-state index >= 15 is 9.59 Å². The number of nitrogens with two attached hydrogens (primary N) is 2. The van der Waals surface area contributed by atoms with E-state index < -0.39 is 103 Å². The number of ether oxygens (including phenoxy) is 5. The third-order valence-corrected chi connectivity index (χ3v) is 18.9. The number of ketones is 2. The minimum absolute atomic E-state index is 0.0285. The van der Waals surface area contributed by atoms with Gasteiger partial charge in [-0.2, -0.15) is 0 Å². The zero-order valence-electron chi connectivity index (χ0n) is 46.3. The van der Waals surface area contributed by atoms with Gasteiger partial charge in [0.15, 0.2) is 28.7 Å². The number of rotatable bonds is 11. The van der Waals surface area contributed by atoms with Gasteiger partial charge < -0.3 is 80.6 Å². The van der Waals surface area contributed by atoms with Crippen LogP contribution in [-0.4, -0.2) is 162 Å². The SMILES string of the molecule is NC1=C2C(=CCN1)C(COC1C3Oc4c(cc5c(c4OCC(O)CC=O)C(=O)c4cc(CO)ccc4C5=O)C(c4ccccc4N4CNC5C(=O)NC(N)NC54)C4CCC(O)CC#CC(O)(C(COC4)O3)C1O)C=C1CCC3CCCC3NC12. The highest BCUT2D eigenvalue weighted by Gasteiger charge is 2.58. The maximum Gasteiger partial charge on any atom is 0.242 e. The number of aliphatic hydroxyl groups is 5. The first-order valence-corrected chi connectivity index (χ1v) is 29.4. The number of anilines is 1. The van der Waals surface area contributed by atoms with Crippen LogP contribution in [0.1, 0.15) is 112 Å². The molecule has 0 radical (unpaired) electrons. The fourth-order valence-corrected chi connectivity index (χ4v) is 14.7. The Morgan fingerprint density at radius 3 is 2.67 bits per heavy atom. The zero-order chi connectivity index (χ0) is 58.1. The summed E-state index contributed by atoms with van der Waals surface area (Å²) >= 11 is 0. The number of aldehydes is 1. The number of nitrogens with one attached hydrogen (secondary N) is 5. The fraction of sp³-hybridized carbons (Fsp3) is 0.516. The predicted molar refractivity (Wildman–Crippen MR) is 302 cm³/mol. The number of benzene rings is 3. The summed E-state index contributed by atoms with van der Waals surface area (Å²) in [4.78, 5) is 58.1. The lowest BCUT2D eigenvalue weighted by Crippen LogP contribution is -2.70. The van der Waals surface area contributed by atoms with Crippen LogP contribution in [0.2, 0.25) is 0 Å². The molecule has 3 aromatic rings. The van der Waals surface area contributed by atoms with Crippen molar-refractivity contribution >= 4 is 29.4 Å². The van der Waals surface area contributed by atoms with E-state index in [1.165, 1.54) is 17.7 Å². The number of carbonyl (C=O) groups excluding carboxylic acids is 4. The Hall–Kier alpha value is -6.56. The molecule has 7 heterocycles. The van der Waals surface area contributed by atoms with Crippen molar-refractivity contribution in [2.75, 3.05) is 44.5 Å². The quantitative estimate of drug-likeness (QED) is 0.0549. The normalized spacial score (nSPS) is 34.5. The average Bonchev–Trinajstić information content (AvgIpc) is 1.64. The first-order chi connectivity index (χ1) is 40.7. The van der Waals surface area contributed by atoms with Crippen molar-refractivity contribution in [3.8, 4) is 23.3 Å². The molecule has 4 saturated heterocycles. The molecule has 3 aliphatic carbocycles. The van der Waals surface area contributed by atoms with Crippen LogP contribution in [0.3, 0.4) is 0 Å². The second kappa shape index (κ2) is 23.0. The van der Waals surface area contributed by atoms with E-state index in [4.69, 9.17) is 35.2 Å². The summed E-state index contributed by atoms with van der Waals surface area (Å²) in [6.45, 7) is -0.847. The molecule has 84 heavy (non-hydrogen) atoms. The van der Waals surface area contributed by atoms with Crippen molar-refractivity contribution in [2.45, 2.75) is 143 Å². The van der Waals surface area contributed by atoms with Crippen LogP contribution in [0, 0.1) is 29.6 Å². The van der Waals surface area contributed by atoms with Crippen LogP contribution in [-0.2, 0) is 30.4 Å². The van der Waals surface area contributed by atoms with Crippen LogP contribution in [0.15, 0.2) is 83.2 Å². The first kappa shape index (κ1) is 56.6. The molecular formula is C62H72N8O14. The molecule has 1 saturated carbocycles. The number of fused-ring (bicyclic) bond motifs is 12. The van der Waals surface area contributed by atoms with Gasteiger partial charge >= 0.3 is 0 Å². The van der Waals surface area contributed by atoms with Gasteiger partial charge in [0, 0.05) is 70.8 Å². The van der Waals surface area contributed by atoms with E-state index in [1.54, 1.807) is 12.1 Å². The van der Waals surface area contributed by atoms with E-state index in [1.807, 2.05) is 29.2 Å². The smallest absolute Gasteiger partial charge is 0.242 e. The summed E-state index contributed by atoms with van der Waals surface area (Å²) < 4.78 is 34.5. The molecule has 14 N–H and O–H groups in total. The van der Waals surface area contributed by atoms with Crippen molar-refractivity contribution in [1.82, 2.24) is 26.6 Å². The van der Waals surface area contributed by atoms with E-state index in [0.29, 0.717) is 47.4 Å². The average molecular weight is 1150 g/mol. The van der Waals surface area contributed by atoms with Crippen molar-refractivity contribution in [3.05, 3.63) is 122 Å². The van der Waals surface area contributed by atoms with Gasteiger partial charge in [-0.1, -0.05) is 60.3 Å². The summed E-state index contributed by atoms with van der Waals surface area (Å²) in [6, 6.07) is 13.1. The lowest BCUT2D eigenvalue weighted by Gasteiger charge is -2.47. The monoisotopic (exact) mass is 1150 g/mol. The standard InChI is InChI=1S/C62H72N8O14/c63-57-47-37(16-19-65-57)34(22-32-12-11-31-5-3-8-43(31)67-49(32)47)26-81-55-56(77)62(79)18-4-6-35(73)14-13-33-25-80-28-45(62)83-60(55)84-53-42(46(33)39-7-1-2-9-44(39)70-29-66-50-58(70)68-61(64)69-59(50)78)23-41-48(54(53)82-27-36(74)17-20-71)52(76)40-21-30(24-72)10-15-38(40)51(41)75/h1-2,7,9-10,15-16,20-23,31,33-36,43,45-46,49-50,55-56,58,60-61,65-68,72-74,77,79H,3,5-6,8,11-14,17,19,24-29,63-64H2,(H,69,78). The number of carbonyl (C=O) groups is 4. The van der Waals surface area contributed by atoms with Crippen LogP contribution in [0.4, 0.5) is 5.69 Å². The van der Waals surface area contributed by atoms with Gasteiger partial charge in [0.05, 0.1) is 56.9 Å². The third-order valence-electron chi connectivity index (χ3n) is 18.9. The molecular weight excluding hydrogens is 1080 g/mol. The maximum absolute atomic E-state index is 15.4. The molecule has 13 rings (SSSR count). The van der Waals surface area contributed by atoms with E-state index in [-0.39, 0.29) is 103 Å². The number of nitrogens with zero attached hydrogens (tertiary/aromatic N) is 1. The van der Waals surface area contributed by atoms with Gasteiger partial charge in [0.25, 0.3) is 0 Å². The Balaban J connectivity index is 1.01. The van der Waals surface area contributed by atoms with E-state index in [9.17, 15) is 35.1 Å². The number of aliphatic hydroxyl groups excluding tert-OH is 4. The van der Waals surface area contributed by atoms with Gasteiger partial charge in [-0.05, 0) is 91.3 Å². The third kappa shape index (κ3) is 10.0. The number of hydrogen-bond acceptors (Lipinski definition) is 21. The summed E-state index contributed by atoms with van der Waals surface area (Å²) in [5.74, 6) is 2.93. The molecule has 0 spiro atoms. The maximum atomic E-state index is 15.4. The molecule has 1 amide bonds. The second-order valence-electron chi connectivity index (χ2n) is 23.9. The van der Waals surface area contributed by atoms with Gasteiger partial charge in [-0.15, -0.1) is 0 Å². The number of para-hydroxylation sites is 1. The van der Waals surface area contributed by atoms with Crippen molar-refractivity contribution in [3.63, 3.8) is 0 Å². The number of dihydropyridines is 1. The van der Waals surface area contributed by atoms with Crippen LogP contribution in [0.25, 0.3) is 0 Å². The van der Waals surface area contributed by atoms with Crippen molar-refractivity contribution < 1.29 is 68.4 Å². The van der Waals surface area contributed by atoms with Gasteiger partial charge in [0.1, 0.15) is 55.5 Å². The highest BCUT2D eigenvalue weighted by atomic mass is 16.7. The topological polar surface area (TPSA) is 331 Å². The molecule has 22 nitrogen and oxygen atoms in total. The van der Waals surface area contributed by atoms with Crippen LogP contribution in [0.5, 0.6) is 11.5 Å². The lowest BCUT2D eigenvalue weighted by atomic mass is 9.74. The van der Waals surface area contributed by atoms with Crippen molar-refractivity contribution in [2.24, 2.45) is 29.2 Å². The number of amides is 1. The summed E-state index contributed by atoms with van der Waals surface area (Å²) in [7, 11) is 0. The molecule has 7 aliphatic heterocycles. The molecule has 5 fully saturated rings. The predicted octanol–water partition coefficient (Wildman–Crippen LogP) is 0.391. The van der Waals surface area contributed by atoms with Gasteiger partial charge in [-0.3, -0.25) is 30.8 Å². The molecule has 16 unspecified atom stereocenters. The Labute approximate surface area is 485 Å². The lowest BCUT2D eigenvalue weighted by molar-refractivity contribution is -0.309. The first-order valence-electron chi connectivity index (χ1n) is 29.4. The molecule has 3 aromatic carbocycles. The molecule has 16 atom stereocenters. The Morgan fingerprint density at radius 2 is 1.82 bits per heavy atom. The largest absolute Gasteiger partial charge is 0.486 e. The van der Waals surface area contributed by atoms with Crippen LogP contribution < -0.4 is 52.4 Å². The molecule has 0 aromatic heterocycles.